The molecule has 27 heavy (non-hydrogen) atoms. The Labute approximate surface area is 154 Å². The number of ether oxygens (including phenoxy) is 1. The van der Waals surface area contributed by atoms with Crippen molar-refractivity contribution < 1.29 is 22.7 Å². The lowest BCUT2D eigenvalue weighted by Gasteiger charge is -2.33. The number of ketones is 1. The number of aromatic nitrogens is 1. The van der Waals surface area contributed by atoms with Crippen molar-refractivity contribution in [3.05, 3.63) is 65.2 Å². The van der Waals surface area contributed by atoms with Crippen LogP contribution in [0.25, 0.3) is 0 Å². The molecule has 1 aliphatic rings. The molecular formula is C19H18F3N3O2. The number of nitrogens with zero attached hydrogens (tertiary/aromatic N) is 2. The second-order valence-corrected chi connectivity index (χ2v) is 6.50. The number of carbonyl (C=O) groups is 1. The molecule has 8 heteroatoms. The second-order valence-electron chi connectivity index (χ2n) is 6.50. The van der Waals surface area contributed by atoms with Crippen LogP contribution in [0.4, 0.5) is 13.2 Å². The van der Waals surface area contributed by atoms with Gasteiger partial charge in [0.05, 0.1) is 0 Å². The van der Waals surface area contributed by atoms with E-state index in [1.807, 2.05) is 0 Å². The van der Waals surface area contributed by atoms with E-state index >= 15 is 0 Å². The summed E-state index contributed by atoms with van der Waals surface area (Å²) in [5.41, 5.74) is 3.65. The predicted molar refractivity (Wildman–Crippen MR) is 93.4 cm³/mol. The second kappa shape index (κ2) is 7.11. The van der Waals surface area contributed by atoms with Crippen LogP contribution in [0.1, 0.15) is 28.5 Å². The van der Waals surface area contributed by atoms with Gasteiger partial charge >= 0.3 is 0 Å². The highest BCUT2D eigenvalue weighted by Gasteiger charge is 2.54. The topological polar surface area (TPSA) is 77.6 Å². The molecule has 0 radical (unpaired) electrons. The molecule has 0 bridgehead atoms. The summed E-state index contributed by atoms with van der Waals surface area (Å²) in [7, 11) is 0. The number of alkyl halides is 2. The third-order valence-corrected chi connectivity index (χ3v) is 4.48. The van der Waals surface area contributed by atoms with Gasteiger partial charge in [0, 0.05) is 18.2 Å². The maximum atomic E-state index is 14.7. The van der Waals surface area contributed by atoms with Crippen molar-refractivity contribution >= 4 is 11.6 Å². The van der Waals surface area contributed by atoms with Crippen LogP contribution in [-0.2, 0) is 16.7 Å². The summed E-state index contributed by atoms with van der Waals surface area (Å²) >= 11 is 0. The number of rotatable bonds is 4. The molecule has 0 fully saturated rings. The minimum absolute atomic E-state index is 0.109. The molecule has 142 valence electrons. The minimum Gasteiger partial charge on any atom is -0.385 e. The van der Waals surface area contributed by atoms with Gasteiger partial charge in [-0.3, -0.25) is 14.8 Å². The van der Waals surface area contributed by atoms with E-state index in [2.05, 4.69) is 9.98 Å². The first kappa shape index (κ1) is 19.0. The fourth-order valence-electron chi connectivity index (χ4n) is 2.94. The molecule has 0 unspecified atom stereocenters. The van der Waals surface area contributed by atoms with Crippen molar-refractivity contribution in [2.24, 2.45) is 10.7 Å². The van der Waals surface area contributed by atoms with Gasteiger partial charge in [-0.15, -0.1) is 0 Å². The molecule has 0 saturated carbocycles. The molecule has 0 spiro atoms. The van der Waals surface area contributed by atoms with Gasteiger partial charge in [0.1, 0.15) is 30.6 Å². The molecule has 3 rings (SSSR count). The van der Waals surface area contributed by atoms with E-state index < -0.39 is 23.9 Å². The molecule has 0 aliphatic carbocycles. The van der Waals surface area contributed by atoms with Crippen molar-refractivity contribution in [2.45, 2.75) is 24.8 Å². The highest BCUT2D eigenvalue weighted by atomic mass is 19.3. The van der Waals surface area contributed by atoms with Crippen LogP contribution < -0.4 is 5.73 Å². The van der Waals surface area contributed by atoms with Crippen LogP contribution in [0, 0.1) is 5.82 Å². The molecule has 5 nitrogen and oxygen atoms in total. The molecule has 0 amide bonds. The number of Topliss-reactive ketones (excluding diaryl/α,β-unsaturated/α-hetero) is 1. The van der Waals surface area contributed by atoms with Gasteiger partial charge in [0.15, 0.2) is 11.3 Å². The normalized spacial score (nSPS) is 22.0. The van der Waals surface area contributed by atoms with Gasteiger partial charge in [-0.2, -0.15) is 0 Å². The molecule has 1 aromatic carbocycles. The van der Waals surface area contributed by atoms with Gasteiger partial charge in [-0.1, -0.05) is 12.1 Å². The smallest absolute Gasteiger partial charge is 0.299 e. The number of aliphatic imine (C=N–C) groups is 1. The number of benzene rings is 1. The Morgan fingerprint density at radius 1 is 1.30 bits per heavy atom. The van der Waals surface area contributed by atoms with Crippen LogP contribution in [-0.4, -0.2) is 35.7 Å². The van der Waals surface area contributed by atoms with Gasteiger partial charge in [0.2, 0.25) is 0 Å². The largest absolute Gasteiger partial charge is 0.385 e. The van der Waals surface area contributed by atoms with Crippen LogP contribution in [0.3, 0.4) is 0 Å². The summed E-state index contributed by atoms with van der Waals surface area (Å²) in [4.78, 5) is 20.1. The van der Waals surface area contributed by atoms with E-state index in [9.17, 15) is 18.0 Å². The van der Waals surface area contributed by atoms with Crippen molar-refractivity contribution in [2.75, 3.05) is 13.2 Å². The summed E-state index contributed by atoms with van der Waals surface area (Å²) in [6, 6.07) is 8.55. The number of pyridine rings is 1. The third-order valence-electron chi connectivity index (χ3n) is 4.48. The van der Waals surface area contributed by atoms with Crippen molar-refractivity contribution in [3.63, 3.8) is 0 Å². The van der Waals surface area contributed by atoms with Crippen LogP contribution in [0.5, 0.6) is 0 Å². The first-order valence-corrected chi connectivity index (χ1v) is 8.26. The zero-order valence-electron chi connectivity index (χ0n) is 14.6. The number of hydrogen-bond donors (Lipinski definition) is 1. The first-order valence-electron chi connectivity index (χ1n) is 8.26. The van der Waals surface area contributed by atoms with E-state index in [4.69, 9.17) is 10.5 Å². The molecule has 1 aromatic heterocycles. The van der Waals surface area contributed by atoms with Gasteiger partial charge in [-0.05, 0) is 36.8 Å². The van der Waals surface area contributed by atoms with Gasteiger partial charge < -0.3 is 10.5 Å². The number of carbonyl (C=O) groups excluding carboxylic acids is 1. The highest BCUT2D eigenvalue weighted by molar-refractivity contribution is 5.95. The monoisotopic (exact) mass is 377 g/mol. The lowest BCUT2D eigenvalue weighted by molar-refractivity contribution is -0.116. The Morgan fingerprint density at radius 3 is 2.78 bits per heavy atom. The Kier molecular flexibility index (Phi) is 5.01. The van der Waals surface area contributed by atoms with Crippen LogP contribution >= 0.6 is 0 Å². The fraction of sp³-hybridized carbons (Fsp3) is 0.316. The summed E-state index contributed by atoms with van der Waals surface area (Å²) in [6.07, 6.45) is 1.37. The number of hydrogen-bond acceptors (Lipinski definition) is 5. The third kappa shape index (κ3) is 3.71. The molecule has 0 saturated heterocycles. The molecule has 2 heterocycles. The standard InChI is InChI=1S/C19H18F3N3O2/c1-18(19(21,22)11-27-10-17(23)25-18)13-8-12(5-6-14(13)20)9-16(26)15-4-2-3-7-24-15/h2-8H,9-11H2,1H3,(H2,23,25)/t18-/m1/s1. The Morgan fingerprint density at radius 2 is 2.07 bits per heavy atom. The van der Waals surface area contributed by atoms with Crippen LogP contribution in [0.15, 0.2) is 47.6 Å². The summed E-state index contributed by atoms with van der Waals surface area (Å²) in [5.74, 6) is -4.80. The lowest BCUT2D eigenvalue weighted by atomic mass is 9.84. The molecule has 2 N–H and O–H groups in total. The predicted octanol–water partition coefficient (Wildman–Crippen LogP) is 2.88. The van der Waals surface area contributed by atoms with E-state index in [0.29, 0.717) is 5.56 Å². The number of amidine groups is 1. The number of nitrogens with two attached hydrogens (primary N) is 1. The molecule has 2 aromatic rings. The van der Waals surface area contributed by atoms with Crippen LogP contribution in [0.2, 0.25) is 0 Å². The number of halogens is 3. The Balaban J connectivity index is 2.00. The summed E-state index contributed by atoms with van der Waals surface area (Å²) in [6.45, 7) is -0.0911. The van der Waals surface area contributed by atoms with Gasteiger partial charge in [-0.25, -0.2) is 13.2 Å². The van der Waals surface area contributed by atoms with E-state index in [1.165, 1.54) is 18.3 Å². The minimum atomic E-state index is -3.49. The van der Waals surface area contributed by atoms with Crippen molar-refractivity contribution in [1.29, 1.82) is 0 Å². The summed E-state index contributed by atoms with van der Waals surface area (Å²) in [5, 5.41) is 0. The summed E-state index contributed by atoms with van der Waals surface area (Å²) < 4.78 is 48.7. The van der Waals surface area contributed by atoms with E-state index in [-0.39, 0.29) is 35.9 Å². The van der Waals surface area contributed by atoms with Crippen molar-refractivity contribution in [3.8, 4) is 0 Å². The first-order chi connectivity index (χ1) is 12.7. The zero-order chi connectivity index (χ0) is 19.7. The fourth-order valence-corrected chi connectivity index (χ4v) is 2.94. The van der Waals surface area contributed by atoms with E-state index in [1.54, 1.807) is 18.2 Å². The molecule has 1 aliphatic heterocycles. The molecular weight excluding hydrogens is 359 g/mol. The zero-order valence-corrected chi connectivity index (χ0v) is 14.6. The Bertz CT molecular complexity index is 887. The van der Waals surface area contributed by atoms with Crippen molar-refractivity contribution in [1.82, 2.24) is 4.98 Å². The quantitative estimate of drug-likeness (QED) is 0.831. The lowest BCUT2D eigenvalue weighted by Crippen LogP contribution is -2.45. The maximum absolute atomic E-state index is 14.7. The highest BCUT2D eigenvalue weighted by Crippen LogP contribution is 2.43. The maximum Gasteiger partial charge on any atom is 0.299 e. The SMILES string of the molecule is C[C@]1(c2cc(CC(=O)c3ccccn3)ccc2F)N=C(N)COCC1(F)F. The average molecular weight is 377 g/mol. The van der Waals surface area contributed by atoms with Gasteiger partial charge in [0.25, 0.3) is 5.92 Å². The Hall–Kier alpha value is -2.74. The van der Waals surface area contributed by atoms with E-state index in [0.717, 1.165) is 13.0 Å². The average Bonchev–Trinajstić information content (AvgIpc) is 2.73. The molecule has 1 atom stereocenters.